The van der Waals surface area contributed by atoms with Crippen molar-refractivity contribution in [3.05, 3.63) is 45.3 Å². The van der Waals surface area contributed by atoms with Gasteiger partial charge in [0.1, 0.15) is 4.88 Å². The molecule has 1 aromatic heterocycles. The summed E-state index contributed by atoms with van der Waals surface area (Å²) in [4.78, 5) is 11.8. The summed E-state index contributed by atoms with van der Waals surface area (Å²) in [6.07, 6.45) is 0. The summed E-state index contributed by atoms with van der Waals surface area (Å²) in [5.74, 6) is -0.945. The number of aromatic carboxylic acids is 1. The number of halogens is 2. The summed E-state index contributed by atoms with van der Waals surface area (Å²) >= 11 is 13.2. The van der Waals surface area contributed by atoms with Gasteiger partial charge in [0.05, 0.1) is 10.0 Å². The first-order chi connectivity index (χ1) is 7.59. The molecule has 2 rings (SSSR count). The normalized spacial score (nSPS) is 10.4. The van der Waals surface area contributed by atoms with Crippen molar-refractivity contribution in [2.45, 2.75) is 0 Å². The fourth-order valence-electron chi connectivity index (χ4n) is 1.32. The summed E-state index contributed by atoms with van der Waals surface area (Å²) in [6.45, 7) is 0. The van der Waals surface area contributed by atoms with Crippen LogP contribution >= 0.6 is 34.5 Å². The van der Waals surface area contributed by atoms with Gasteiger partial charge < -0.3 is 5.11 Å². The van der Waals surface area contributed by atoms with Gasteiger partial charge in [-0.25, -0.2) is 4.79 Å². The van der Waals surface area contributed by atoms with Crippen molar-refractivity contribution in [3.8, 4) is 10.4 Å². The van der Waals surface area contributed by atoms with Gasteiger partial charge in [-0.1, -0.05) is 29.3 Å². The molecule has 0 amide bonds. The fraction of sp³-hybridized carbons (Fsp3) is 0. The van der Waals surface area contributed by atoms with Crippen LogP contribution in [0.4, 0.5) is 0 Å². The average molecular weight is 273 g/mol. The zero-order chi connectivity index (χ0) is 11.7. The van der Waals surface area contributed by atoms with Crippen LogP contribution in [0.1, 0.15) is 9.67 Å². The average Bonchev–Trinajstić information content (AvgIpc) is 2.66. The zero-order valence-corrected chi connectivity index (χ0v) is 10.2. The smallest absolute Gasteiger partial charge is 0.345 e. The summed E-state index contributed by atoms with van der Waals surface area (Å²) in [5.41, 5.74) is 0.684. The third-order valence-corrected chi connectivity index (χ3v) is 3.75. The highest BCUT2D eigenvalue weighted by molar-refractivity contribution is 7.17. The molecule has 0 aliphatic rings. The van der Waals surface area contributed by atoms with Crippen molar-refractivity contribution >= 4 is 40.5 Å². The van der Waals surface area contributed by atoms with Gasteiger partial charge in [-0.05, 0) is 24.3 Å². The highest BCUT2D eigenvalue weighted by Gasteiger charge is 2.13. The van der Waals surface area contributed by atoms with Crippen LogP contribution in [0, 0.1) is 0 Å². The van der Waals surface area contributed by atoms with Crippen molar-refractivity contribution in [2.75, 3.05) is 0 Å². The number of carbonyl (C=O) groups is 1. The first-order valence-electron chi connectivity index (χ1n) is 4.37. The van der Waals surface area contributed by atoms with Crippen LogP contribution in [0.2, 0.25) is 10.0 Å². The lowest BCUT2D eigenvalue weighted by Crippen LogP contribution is -1.89. The standard InChI is InChI=1S/C11H6Cl2O2S/c12-6-2-1-3-7(13)10(6)8-4-5-9(16-8)11(14)15/h1-5H,(H,14,15). The highest BCUT2D eigenvalue weighted by Crippen LogP contribution is 2.38. The molecule has 1 N–H and O–H groups in total. The molecule has 1 heterocycles. The Morgan fingerprint density at radius 2 is 1.75 bits per heavy atom. The van der Waals surface area contributed by atoms with Crippen molar-refractivity contribution in [2.24, 2.45) is 0 Å². The van der Waals surface area contributed by atoms with Gasteiger partial charge >= 0.3 is 5.97 Å². The summed E-state index contributed by atoms with van der Waals surface area (Å²) in [6, 6.07) is 8.45. The first kappa shape index (κ1) is 11.5. The number of carboxylic acids is 1. The molecule has 0 radical (unpaired) electrons. The molecule has 0 saturated heterocycles. The molecule has 0 saturated carbocycles. The predicted octanol–water partition coefficient (Wildman–Crippen LogP) is 4.42. The zero-order valence-electron chi connectivity index (χ0n) is 7.91. The third-order valence-electron chi connectivity index (χ3n) is 2.03. The molecule has 5 heteroatoms. The molecule has 0 fully saturated rings. The summed E-state index contributed by atoms with van der Waals surface area (Å²) in [7, 11) is 0. The minimum atomic E-state index is -0.945. The number of hydrogen-bond donors (Lipinski definition) is 1. The Labute approximate surface area is 106 Å². The second-order valence-electron chi connectivity index (χ2n) is 3.07. The largest absolute Gasteiger partial charge is 0.477 e. The number of benzene rings is 1. The van der Waals surface area contributed by atoms with E-state index in [1.165, 1.54) is 0 Å². The molecular formula is C11H6Cl2O2S. The minimum Gasteiger partial charge on any atom is -0.477 e. The Balaban J connectivity index is 2.54. The first-order valence-corrected chi connectivity index (χ1v) is 5.94. The molecule has 82 valence electrons. The van der Waals surface area contributed by atoms with Gasteiger partial charge in [0.15, 0.2) is 0 Å². The van der Waals surface area contributed by atoms with Crippen LogP contribution in [0.15, 0.2) is 30.3 Å². The molecule has 1 aromatic carbocycles. The second kappa shape index (κ2) is 4.45. The molecule has 0 spiro atoms. The molecule has 0 atom stereocenters. The lowest BCUT2D eigenvalue weighted by Gasteiger charge is -2.03. The van der Waals surface area contributed by atoms with E-state index in [-0.39, 0.29) is 4.88 Å². The Kier molecular flexibility index (Phi) is 3.19. The van der Waals surface area contributed by atoms with Gasteiger partial charge in [-0.2, -0.15) is 0 Å². The van der Waals surface area contributed by atoms with E-state index in [1.54, 1.807) is 30.3 Å². The van der Waals surface area contributed by atoms with Crippen LogP contribution in [-0.4, -0.2) is 11.1 Å². The topological polar surface area (TPSA) is 37.3 Å². The number of rotatable bonds is 2. The number of thiophene rings is 1. The summed E-state index contributed by atoms with van der Waals surface area (Å²) in [5, 5.41) is 9.87. The summed E-state index contributed by atoms with van der Waals surface area (Å²) < 4.78 is 0. The Bertz CT molecular complexity index is 528. The number of hydrogen-bond acceptors (Lipinski definition) is 2. The number of carboxylic acid groups (broad SMARTS) is 1. The van der Waals surface area contributed by atoms with Crippen molar-refractivity contribution < 1.29 is 9.90 Å². The Hall–Kier alpha value is -1.03. The highest BCUT2D eigenvalue weighted by atomic mass is 35.5. The van der Waals surface area contributed by atoms with Crippen LogP contribution in [-0.2, 0) is 0 Å². The van der Waals surface area contributed by atoms with Crippen LogP contribution < -0.4 is 0 Å². The van der Waals surface area contributed by atoms with E-state index in [0.29, 0.717) is 15.6 Å². The van der Waals surface area contributed by atoms with Crippen molar-refractivity contribution in [1.29, 1.82) is 0 Å². The fourth-order valence-corrected chi connectivity index (χ4v) is 2.95. The molecule has 0 aliphatic carbocycles. The quantitative estimate of drug-likeness (QED) is 0.879. The Morgan fingerprint density at radius 3 is 2.25 bits per heavy atom. The van der Waals surface area contributed by atoms with E-state index in [1.807, 2.05) is 0 Å². The monoisotopic (exact) mass is 272 g/mol. The predicted molar refractivity (Wildman–Crippen MR) is 66.7 cm³/mol. The van der Waals surface area contributed by atoms with E-state index in [2.05, 4.69) is 0 Å². The lowest BCUT2D eigenvalue weighted by molar-refractivity contribution is 0.0702. The minimum absolute atomic E-state index is 0.269. The molecular weight excluding hydrogens is 267 g/mol. The van der Waals surface area contributed by atoms with Gasteiger partial charge in [-0.3, -0.25) is 0 Å². The van der Waals surface area contributed by atoms with Crippen LogP contribution in [0.3, 0.4) is 0 Å². The van der Waals surface area contributed by atoms with Gasteiger partial charge in [0.25, 0.3) is 0 Å². The molecule has 0 bridgehead atoms. The van der Waals surface area contributed by atoms with Gasteiger partial charge in [0.2, 0.25) is 0 Å². The molecule has 0 unspecified atom stereocenters. The van der Waals surface area contributed by atoms with E-state index in [0.717, 1.165) is 16.2 Å². The third kappa shape index (κ3) is 2.07. The van der Waals surface area contributed by atoms with E-state index >= 15 is 0 Å². The van der Waals surface area contributed by atoms with Gasteiger partial charge in [-0.15, -0.1) is 11.3 Å². The van der Waals surface area contributed by atoms with Crippen LogP contribution in [0.25, 0.3) is 10.4 Å². The van der Waals surface area contributed by atoms with Crippen molar-refractivity contribution in [3.63, 3.8) is 0 Å². The molecule has 16 heavy (non-hydrogen) atoms. The maximum absolute atomic E-state index is 10.8. The lowest BCUT2D eigenvalue weighted by atomic mass is 10.2. The molecule has 2 aromatic rings. The maximum atomic E-state index is 10.8. The van der Waals surface area contributed by atoms with E-state index in [9.17, 15) is 4.79 Å². The van der Waals surface area contributed by atoms with E-state index < -0.39 is 5.97 Å². The molecule has 0 aliphatic heterocycles. The van der Waals surface area contributed by atoms with E-state index in [4.69, 9.17) is 28.3 Å². The van der Waals surface area contributed by atoms with Crippen LogP contribution in [0.5, 0.6) is 0 Å². The molecule has 2 nitrogen and oxygen atoms in total. The Morgan fingerprint density at radius 1 is 1.12 bits per heavy atom. The second-order valence-corrected chi connectivity index (χ2v) is 4.96. The maximum Gasteiger partial charge on any atom is 0.345 e. The van der Waals surface area contributed by atoms with Gasteiger partial charge in [0, 0.05) is 10.4 Å². The SMILES string of the molecule is O=C(O)c1ccc(-c2c(Cl)cccc2Cl)s1. The van der Waals surface area contributed by atoms with Crippen molar-refractivity contribution in [1.82, 2.24) is 0 Å².